The second-order valence-corrected chi connectivity index (χ2v) is 3.83. The van der Waals surface area contributed by atoms with Crippen molar-refractivity contribution in [2.75, 3.05) is 5.73 Å². The first-order valence-electron chi connectivity index (χ1n) is 3.84. The fraction of sp³-hybridized carbons (Fsp3) is 0.111. The van der Waals surface area contributed by atoms with Crippen molar-refractivity contribution < 1.29 is 4.79 Å². The Morgan fingerprint density at radius 1 is 1.54 bits per heavy atom. The van der Waals surface area contributed by atoms with Crippen molar-refractivity contribution in [2.45, 2.75) is 6.92 Å². The molecule has 2 rings (SSSR count). The van der Waals surface area contributed by atoms with Gasteiger partial charge in [-0.3, -0.25) is 4.79 Å². The first-order valence-corrected chi connectivity index (χ1v) is 4.65. The standard InChI is InChI=1S/C9H8N2OS/c1-5(12)9-11-7-4-6(10)2-3-8(7)13-9/h2-4H,10H2,1H3. The van der Waals surface area contributed by atoms with Crippen LogP contribution in [0.25, 0.3) is 10.2 Å². The van der Waals surface area contributed by atoms with E-state index in [4.69, 9.17) is 5.73 Å². The van der Waals surface area contributed by atoms with Gasteiger partial charge in [-0.05, 0) is 18.2 Å². The number of anilines is 1. The average Bonchev–Trinajstić information content (AvgIpc) is 2.46. The number of carbonyl (C=O) groups is 1. The maximum atomic E-state index is 11.0. The maximum Gasteiger partial charge on any atom is 0.188 e. The topological polar surface area (TPSA) is 56.0 Å². The highest BCUT2D eigenvalue weighted by molar-refractivity contribution is 7.20. The van der Waals surface area contributed by atoms with E-state index in [-0.39, 0.29) is 5.78 Å². The molecule has 3 nitrogen and oxygen atoms in total. The zero-order chi connectivity index (χ0) is 9.42. The van der Waals surface area contributed by atoms with Gasteiger partial charge in [0.2, 0.25) is 0 Å². The molecule has 0 radical (unpaired) electrons. The number of Topliss-reactive ketones (excluding diaryl/α,β-unsaturated/α-hetero) is 1. The Morgan fingerprint density at radius 2 is 2.31 bits per heavy atom. The molecule has 0 bridgehead atoms. The van der Waals surface area contributed by atoms with Crippen molar-refractivity contribution in [3.8, 4) is 0 Å². The molecule has 1 heterocycles. The van der Waals surface area contributed by atoms with E-state index in [2.05, 4.69) is 4.98 Å². The van der Waals surface area contributed by atoms with Gasteiger partial charge in [-0.2, -0.15) is 0 Å². The van der Waals surface area contributed by atoms with Gasteiger partial charge < -0.3 is 5.73 Å². The largest absolute Gasteiger partial charge is 0.399 e. The van der Waals surface area contributed by atoms with Crippen LogP contribution in [0.5, 0.6) is 0 Å². The highest BCUT2D eigenvalue weighted by Gasteiger charge is 2.06. The Hall–Kier alpha value is -1.42. The van der Waals surface area contributed by atoms with Crippen molar-refractivity contribution in [3.05, 3.63) is 23.2 Å². The fourth-order valence-corrected chi connectivity index (χ4v) is 1.94. The predicted octanol–water partition coefficient (Wildman–Crippen LogP) is 2.08. The summed E-state index contributed by atoms with van der Waals surface area (Å²) in [4.78, 5) is 15.2. The van der Waals surface area contributed by atoms with E-state index in [1.165, 1.54) is 18.3 Å². The van der Waals surface area contributed by atoms with Crippen molar-refractivity contribution in [3.63, 3.8) is 0 Å². The Balaban J connectivity index is 2.68. The molecule has 0 unspecified atom stereocenters. The molecule has 4 heteroatoms. The zero-order valence-electron chi connectivity index (χ0n) is 7.07. The molecule has 0 atom stereocenters. The van der Waals surface area contributed by atoms with E-state index >= 15 is 0 Å². The lowest BCUT2D eigenvalue weighted by Gasteiger charge is -1.89. The van der Waals surface area contributed by atoms with Crippen molar-refractivity contribution in [1.82, 2.24) is 4.98 Å². The van der Waals surface area contributed by atoms with Crippen LogP contribution in [0.3, 0.4) is 0 Å². The minimum Gasteiger partial charge on any atom is -0.399 e. The van der Waals surface area contributed by atoms with Crippen molar-refractivity contribution >= 4 is 33.0 Å². The van der Waals surface area contributed by atoms with Crippen LogP contribution >= 0.6 is 11.3 Å². The van der Waals surface area contributed by atoms with Gasteiger partial charge in [0.05, 0.1) is 10.2 Å². The third-order valence-electron chi connectivity index (χ3n) is 1.71. The molecule has 0 saturated carbocycles. The quantitative estimate of drug-likeness (QED) is 0.556. The zero-order valence-corrected chi connectivity index (χ0v) is 7.89. The van der Waals surface area contributed by atoms with Gasteiger partial charge in [0, 0.05) is 12.6 Å². The van der Waals surface area contributed by atoms with Gasteiger partial charge >= 0.3 is 0 Å². The normalized spacial score (nSPS) is 10.5. The molecule has 0 amide bonds. The van der Waals surface area contributed by atoms with Gasteiger partial charge in [0.15, 0.2) is 10.8 Å². The molecule has 0 aliphatic carbocycles. The summed E-state index contributed by atoms with van der Waals surface area (Å²) in [5, 5.41) is 0.542. The van der Waals surface area contributed by atoms with Crippen LogP contribution in [0.2, 0.25) is 0 Å². The Bertz CT molecular complexity index is 475. The van der Waals surface area contributed by atoms with E-state index in [1.54, 1.807) is 6.07 Å². The fourth-order valence-electron chi connectivity index (χ4n) is 1.10. The number of benzene rings is 1. The van der Waals surface area contributed by atoms with Crippen molar-refractivity contribution in [1.29, 1.82) is 0 Å². The van der Waals surface area contributed by atoms with Gasteiger partial charge in [0.1, 0.15) is 0 Å². The van der Waals surface area contributed by atoms with E-state index < -0.39 is 0 Å². The third-order valence-corrected chi connectivity index (χ3v) is 2.85. The second-order valence-electron chi connectivity index (χ2n) is 2.80. The van der Waals surface area contributed by atoms with Crippen LogP contribution < -0.4 is 5.73 Å². The number of nitrogens with two attached hydrogens (primary N) is 1. The van der Waals surface area contributed by atoms with E-state index in [1.807, 2.05) is 12.1 Å². The number of ketones is 1. The van der Waals surface area contributed by atoms with E-state index in [0.717, 1.165) is 10.2 Å². The summed E-state index contributed by atoms with van der Waals surface area (Å²) in [7, 11) is 0. The lowest BCUT2D eigenvalue weighted by molar-refractivity contribution is 0.101. The number of aromatic nitrogens is 1. The summed E-state index contributed by atoms with van der Waals surface area (Å²) in [5.74, 6) is -0.000212. The molecule has 0 aliphatic heterocycles. The molecule has 2 N–H and O–H groups in total. The van der Waals surface area contributed by atoms with Gasteiger partial charge in [-0.15, -0.1) is 11.3 Å². The SMILES string of the molecule is CC(=O)c1nc2cc(N)ccc2s1. The predicted molar refractivity (Wildman–Crippen MR) is 54.0 cm³/mol. The van der Waals surface area contributed by atoms with Crippen LogP contribution in [0.4, 0.5) is 5.69 Å². The van der Waals surface area contributed by atoms with Gasteiger partial charge in [0.25, 0.3) is 0 Å². The van der Waals surface area contributed by atoms with Gasteiger partial charge in [-0.1, -0.05) is 0 Å². The smallest absolute Gasteiger partial charge is 0.188 e. The second kappa shape index (κ2) is 2.81. The van der Waals surface area contributed by atoms with Crippen LogP contribution in [0, 0.1) is 0 Å². The number of nitrogen functional groups attached to an aromatic ring is 1. The molecule has 13 heavy (non-hydrogen) atoms. The first kappa shape index (κ1) is 8.19. The summed E-state index contributed by atoms with van der Waals surface area (Å²) >= 11 is 1.40. The maximum absolute atomic E-state index is 11.0. The summed E-state index contributed by atoms with van der Waals surface area (Å²) in [6.07, 6.45) is 0. The summed E-state index contributed by atoms with van der Waals surface area (Å²) in [5.41, 5.74) is 7.06. The average molecular weight is 192 g/mol. The van der Waals surface area contributed by atoms with Crippen LogP contribution in [-0.2, 0) is 0 Å². The minimum absolute atomic E-state index is 0.000212. The lowest BCUT2D eigenvalue weighted by Crippen LogP contribution is -1.88. The molecular formula is C9H8N2OS. The summed E-state index contributed by atoms with van der Waals surface area (Å²) in [6.45, 7) is 1.51. The number of hydrogen-bond acceptors (Lipinski definition) is 4. The number of nitrogens with zero attached hydrogens (tertiary/aromatic N) is 1. The Labute approximate surface area is 79.2 Å². The highest BCUT2D eigenvalue weighted by atomic mass is 32.1. The molecule has 1 aromatic heterocycles. The Kier molecular flexibility index (Phi) is 1.77. The van der Waals surface area contributed by atoms with Crippen LogP contribution in [-0.4, -0.2) is 10.8 Å². The third kappa shape index (κ3) is 1.40. The molecule has 0 spiro atoms. The van der Waals surface area contributed by atoms with Crippen LogP contribution in [0.1, 0.15) is 16.7 Å². The molecule has 1 aromatic carbocycles. The molecule has 0 saturated heterocycles. The summed E-state index contributed by atoms with van der Waals surface area (Å²) in [6, 6.07) is 5.47. The van der Waals surface area contributed by atoms with Gasteiger partial charge in [-0.25, -0.2) is 4.98 Å². The highest BCUT2D eigenvalue weighted by Crippen LogP contribution is 2.23. The number of carbonyl (C=O) groups excluding carboxylic acids is 1. The number of rotatable bonds is 1. The van der Waals surface area contributed by atoms with E-state index in [0.29, 0.717) is 10.7 Å². The first-order chi connectivity index (χ1) is 6.16. The number of thiazole rings is 1. The molecular weight excluding hydrogens is 184 g/mol. The van der Waals surface area contributed by atoms with Crippen LogP contribution in [0.15, 0.2) is 18.2 Å². The summed E-state index contributed by atoms with van der Waals surface area (Å²) < 4.78 is 0.999. The number of hydrogen-bond donors (Lipinski definition) is 1. The van der Waals surface area contributed by atoms with Crippen molar-refractivity contribution in [2.24, 2.45) is 0 Å². The molecule has 0 aliphatic rings. The number of fused-ring (bicyclic) bond motifs is 1. The monoisotopic (exact) mass is 192 g/mol. The molecule has 0 fully saturated rings. The Morgan fingerprint density at radius 3 is 3.00 bits per heavy atom. The minimum atomic E-state index is -0.000212. The molecule has 2 aromatic rings. The lowest BCUT2D eigenvalue weighted by atomic mass is 10.3. The molecule has 66 valence electrons. The van der Waals surface area contributed by atoms with E-state index in [9.17, 15) is 4.79 Å².